The lowest BCUT2D eigenvalue weighted by Crippen LogP contribution is -2.18. The summed E-state index contributed by atoms with van der Waals surface area (Å²) >= 11 is 0. The van der Waals surface area contributed by atoms with Crippen LogP contribution in [0.2, 0.25) is 0 Å². The van der Waals surface area contributed by atoms with Gasteiger partial charge in [0.25, 0.3) is 0 Å². The molecule has 2 aromatic carbocycles. The highest BCUT2D eigenvalue weighted by Crippen LogP contribution is 2.33. The topological polar surface area (TPSA) is 29.5 Å². The van der Waals surface area contributed by atoms with Gasteiger partial charge in [-0.05, 0) is 41.3 Å². The summed E-state index contributed by atoms with van der Waals surface area (Å²) in [5.74, 6) is 2.09. The Hall–Kier alpha value is -1.96. The molecule has 2 aromatic rings. The number of ether oxygens (including phenoxy) is 1. The first kappa shape index (κ1) is 20.1. The summed E-state index contributed by atoms with van der Waals surface area (Å²) < 4.78 is 5.17. The molecule has 132 valence electrons. The minimum atomic E-state index is -0.0973. The lowest BCUT2D eigenvalue weighted by atomic mass is 9.78. The van der Waals surface area contributed by atoms with Gasteiger partial charge in [-0.1, -0.05) is 71.7 Å². The molecule has 2 heteroatoms. The van der Waals surface area contributed by atoms with Crippen LogP contribution in [-0.4, -0.2) is 12.2 Å². The SMILES string of the molecule is CCC(C)CC.COc1ccc(C(C)(C)c2ccc(O)cc2)cc1. The Morgan fingerprint density at radius 2 is 1.29 bits per heavy atom. The van der Waals surface area contributed by atoms with E-state index >= 15 is 0 Å². The third-order valence-electron chi connectivity index (χ3n) is 4.79. The van der Waals surface area contributed by atoms with E-state index in [1.807, 2.05) is 24.3 Å². The Balaban J connectivity index is 0.000000413. The van der Waals surface area contributed by atoms with Crippen LogP contribution in [0, 0.1) is 5.92 Å². The quantitative estimate of drug-likeness (QED) is 0.711. The number of methoxy groups -OCH3 is 1. The van der Waals surface area contributed by atoms with Gasteiger partial charge in [-0.15, -0.1) is 0 Å². The molecule has 0 aliphatic heterocycles. The van der Waals surface area contributed by atoms with Gasteiger partial charge < -0.3 is 9.84 Å². The molecule has 0 radical (unpaired) electrons. The fourth-order valence-corrected chi connectivity index (χ4v) is 2.34. The number of phenolic OH excluding ortho intramolecular Hbond substituents is 1. The molecule has 0 aromatic heterocycles. The van der Waals surface area contributed by atoms with E-state index in [4.69, 9.17) is 4.74 Å². The molecule has 0 fully saturated rings. The summed E-state index contributed by atoms with van der Waals surface area (Å²) in [6.07, 6.45) is 2.66. The van der Waals surface area contributed by atoms with Crippen molar-refractivity contribution in [3.05, 3.63) is 59.7 Å². The van der Waals surface area contributed by atoms with Crippen molar-refractivity contribution in [2.75, 3.05) is 7.11 Å². The monoisotopic (exact) mass is 328 g/mol. The Kier molecular flexibility index (Phi) is 7.84. The standard InChI is InChI=1S/C16H18O2.C6H14/c1-16(2,12-4-8-14(17)9-5-12)13-6-10-15(18-3)11-7-13;1-4-6(3)5-2/h4-11,17H,1-3H3;6H,4-5H2,1-3H3. The number of hydrogen-bond donors (Lipinski definition) is 1. The molecular weight excluding hydrogens is 296 g/mol. The van der Waals surface area contributed by atoms with Crippen molar-refractivity contribution >= 4 is 0 Å². The van der Waals surface area contributed by atoms with Gasteiger partial charge in [0.05, 0.1) is 7.11 Å². The highest BCUT2D eigenvalue weighted by atomic mass is 16.5. The molecule has 0 bridgehead atoms. The van der Waals surface area contributed by atoms with Crippen molar-refractivity contribution in [3.63, 3.8) is 0 Å². The van der Waals surface area contributed by atoms with Crippen LogP contribution in [0.25, 0.3) is 0 Å². The first-order valence-electron chi connectivity index (χ1n) is 8.79. The van der Waals surface area contributed by atoms with Crippen LogP contribution in [-0.2, 0) is 5.41 Å². The zero-order chi connectivity index (χ0) is 18.2. The summed E-state index contributed by atoms with van der Waals surface area (Å²) in [4.78, 5) is 0. The molecule has 0 spiro atoms. The van der Waals surface area contributed by atoms with Crippen LogP contribution in [0.5, 0.6) is 11.5 Å². The second kappa shape index (κ2) is 9.36. The third-order valence-corrected chi connectivity index (χ3v) is 4.79. The summed E-state index contributed by atoms with van der Waals surface area (Å²) in [6.45, 7) is 11.1. The maximum Gasteiger partial charge on any atom is 0.118 e. The molecule has 0 aliphatic rings. The summed E-state index contributed by atoms with van der Waals surface area (Å²) in [5.41, 5.74) is 2.29. The van der Waals surface area contributed by atoms with Gasteiger partial charge in [-0.3, -0.25) is 0 Å². The van der Waals surface area contributed by atoms with Crippen molar-refractivity contribution in [2.45, 2.75) is 52.9 Å². The van der Waals surface area contributed by atoms with Gasteiger partial charge in [-0.2, -0.15) is 0 Å². The molecule has 24 heavy (non-hydrogen) atoms. The minimum Gasteiger partial charge on any atom is -0.508 e. The van der Waals surface area contributed by atoms with Gasteiger partial charge in [0, 0.05) is 5.41 Å². The Morgan fingerprint density at radius 1 is 0.875 bits per heavy atom. The first-order valence-corrected chi connectivity index (χ1v) is 8.79. The van der Waals surface area contributed by atoms with E-state index in [2.05, 4.69) is 46.8 Å². The van der Waals surface area contributed by atoms with Crippen molar-refractivity contribution < 1.29 is 9.84 Å². The molecule has 0 atom stereocenters. The molecule has 0 heterocycles. The van der Waals surface area contributed by atoms with Gasteiger partial charge in [0.1, 0.15) is 11.5 Å². The first-order chi connectivity index (χ1) is 11.3. The predicted molar refractivity (Wildman–Crippen MR) is 103 cm³/mol. The molecule has 0 saturated carbocycles. The molecule has 2 nitrogen and oxygen atoms in total. The number of hydrogen-bond acceptors (Lipinski definition) is 2. The number of rotatable bonds is 5. The third kappa shape index (κ3) is 5.59. The lowest BCUT2D eigenvalue weighted by Gasteiger charge is -2.26. The zero-order valence-corrected chi connectivity index (χ0v) is 16.0. The Morgan fingerprint density at radius 3 is 1.62 bits per heavy atom. The summed E-state index contributed by atoms with van der Waals surface area (Å²) in [5, 5.41) is 9.34. The van der Waals surface area contributed by atoms with Gasteiger partial charge >= 0.3 is 0 Å². The fourth-order valence-electron chi connectivity index (χ4n) is 2.34. The van der Waals surface area contributed by atoms with E-state index in [0.717, 1.165) is 11.7 Å². The van der Waals surface area contributed by atoms with E-state index in [1.54, 1.807) is 19.2 Å². The Labute approximate surface area is 147 Å². The minimum absolute atomic E-state index is 0.0973. The summed E-state index contributed by atoms with van der Waals surface area (Å²) in [7, 11) is 1.67. The smallest absolute Gasteiger partial charge is 0.118 e. The highest BCUT2D eigenvalue weighted by Gasteiger charge is 2.22. The van der Waals surface area contributed by atoms with Crippen molar-refractivity contribution in [1.82, 2.24) is 0 Å². The van der Waals surface area contributed by atoms with Crippen LogP contribution >= 0.6 is 0 Å². The van der Waals surface area contributed by atoms with E-state index in [-0.39, 0.29) is 5.41 Å². The van der Waals surface area contributed by atoms with Crippen LogP contribution < -0.4 is 4.74 Å². The molecule has 0 unspecified atom stereocenters. The van der Waals surface area contributed by atoms with E-state index in [9.17, 15) is 5.11 Å². The number of benzene rings is 2. The van der Waals surface area contributed by atoms with Crippen LogP contribution in [0.1, 0.15) is 58.6 Å². The normalized spacial score (nSPS) is 11.0. The Bertz CT molecular complexity index is 578. The average Bonchev–Trinajstić information content (AvgIpc) is 2.62. The molecule has 2 rings (SSSR count). The second-order valence-electron chi connectivity index (χ2n) is 6.82. The molecule has 0 saturated heterocycles. The molecular formula is C22H32O2. The maximum atomic E-state index is 9.34. The van der Waals surface area contributed by atoms with E-state index < -0.39 is 0 Å². The lowest BCUT2D eigenvalue weighted by molar-refractivity contribution is 0.414. The second-order valence-corrected chi connectivity index (χ2v) is 6.82. The van der Waals surface area contributed by atoms with Gasteiger partial charge in [0.15, 0.2) is 0 Å². The van der Waals surface area contributed by atoms with Crippen molar-refractivity contribution in [3.8, 4) is 11.5 Å². The van der Waals surface area contributed by atoms with Crippen LogP contribution in [0.4, 0.5) is 0 Å². The fraction of sp³-hybridized carbons (Fsp3) is 0.455. The van der Waals surface area contributed by atoms with Crippen molar-refractivity contribution in [2.24, 2.45) is 5.92 Å². The zero-order valence-electron chi connectivity index (χ0n) is 16.0. The van der Waals surface area contributed by atoms with Crippen molar-refractivity contribution in [1.29, 1.82) is 0 Å². The summed E-state index contributed by atoms with van der Waals surface area (Å²) in [6, 6.07) is 15.5. The average molecular weight is 328 g/mol. The number of aromatic hydroxyl groups is 1. The predicted octanol–water partition coefficient (Wildman–Crippen LogP) is 6.17. The van der Waals surface area contributed by atoms with E-state index in [1.165, 1.54) is 24.0 Å². The highest BCUT2D eigenvalue weighted by molar-refractivity contribution is 5.41. The van der Waals surface area contributed by atoms with Crippen LogP contribution in [0.15, 0.2) is 48.5 Å². The largest absolute Gasteiger partial charge is 0.508 e. The maximum absolute atomic E-state index is 9.34. The van der Waals surface area contributed by atoms with Gasteiger partial charge in [-0.25, -0.2) is 0 Å². The van der Waals surface area contributed by atoms with E-state index in [0.29, 0.717) is 5.75 Å². The van der Waals surface area contributed by atoms with Gasteiger partial charge in [0.2, 0.25) is 0 Å². The number of phenols is 1. The van der Waals surface area contributed by atoms with Crippen LogP contribution in [0.3, 0.4) is 0 Å². The molecule has 0 aliphatic carbocycles. The molecule has 0 amide bonds. The molecule has 1 N–H and O–H groups in total.